The van der Waals surface area contributed by atoms with Crippen LogP contribution < -0.4 is 9.47 Å². The second-order valence-corrected chi connectivity index (χ2v) is 5.49. The average Bonchev–Trinajstić information content (AvgIpc) is 2.55. The Bertz CT molecular complexity index is 768. The van der Waals surface area contributed by atoms with E-state index in [1.165, 1.54) is 19.3 Å². The molecule has 0 aromatic heterocycles. The zero-order chi connectivity index (χ0) is 17.0. The summed E-state index contributed by atoms with van der Waals surface area (Å²) in [5.41, 5.74) is 0.833. The predicted octanol–water partition coefficient (Wildman–Crippen LogP) is 3.77. The molecular weight excluding hydrogens is 364 g/mol. The number of hydrogen-bond acceptors (Lipinski definition) is 5. The van der Waals surface area contributed by atoms with Crippen molar-refractivity contribution in [2.45, 2.75) is 0 Å². The molecular formula is C17H15BrO5. The molecule has 0 aliphatic carbocycles. The van der Waals surface area contributed by atoms with Crippen LogP contribution >= 0.6 is 15.9 Å². The van der Waals surface area contributed by atoms with Crippen molar-refractivity contribution in [3.05, 3.63) is 52.0 Å². The molecule has 2 aromatic carbocycles. The van der Waals surface area contributed by atoms with Gasteiger partial charge in [-0.3, -0.25) is 4.79 Å². The number of carbonyl (C=O) groups is 1. The minimum absolute atomic E-state index is 0.0893. The molecule has 0 saturated heterocycles. The van der Waals surface area contributed by atoms with Crippen molar-refractivity contribution in [1.29, 1.82) is 0 Å². The molecule has 2 aromatic rings. The normalized spacial score (nSPS) is 10.7. The quantitative estimate of drug-likeness (QED) is 0.611. The highest BCUT2D eigenvalue weighted by Crippen LogP contribution is 2.32. The molecule has 0 unspecified atom stereocenters. The maximum Gasteiger partial charge on any atom is 0.189 e. The number of hydrogen-bond donors (Lipinski definition) is 2. The molecule has 0 heterocycles. The molecule has 0 aliphatic rings. The first kappa shape index (κ1) is 16.9. The van der Waals surface area contributed by atoms with E-state index < -0.39 is 5.78 Å². The molecule has 0 aliphatic heterocycles. The molecule has 0 radical (unpaired) electrons. The van der Waals surface area contributed by atoms with Gasteiger partial charge in [-0.1, -0.05) is 12.1 Å². The van der Waals surface area contributed by atoms with Crippen LogP contribution in [0.2, 0.25) is 0 Å². The lowest BCUT2D eigenvalue weighted by Crippen LogP contribution is -1.95. The Labute approximate surface area is 141 Å². The highest BCUT2D eigenvalue weighted by Gasteiger charge is 2.12. The maximum absolute atomic E-state index is 12.2. The molecule has 0 fully saturated rings. The summed E-state index contributed by atoms with van der Waals surface area (Å²) in [6, 6.07) is 7.72. The van der Waals surface area contributed by atoms with Crippen LogP contribution in [0.1, 0.15) is 15.9 Å². The van der Waals surface area contributed by atoms with Gasteiger partial charge in [-0.25, -0.2) is 0 Å². The number of phenolic OH excluding ortho intramolecular Hbond substituents is 2. The lowest BCUT2D eigenvalue weighted by molar-refractivity contribution is 0.104. The molecule has 0 spiro atoms. The summed E-state index contributed by atoms with van der Waals surface area (Å²) in [4.78, 5) is 12.2. The fourth-order valence-corrected chi connectivity index (χ4v) is 2.31. The number of carbonyl (C=O) groups excluding carboxylic acids is 1. The minimum atomic E-state index is -0.391. The third kappa shape index (κ3) is 3.84. The van der Waals surface area contributed by atoms with Crippen molar-refractivity contribution in [3.63, 3.8) is 0 Å². The number of ether oxygens (including phenoxy) is 2. The molecule has 120 valence electrons. The van der Waals surface area contributed by atoms with E-state index in [0.29, 0.717) is 16.0 Å². The highest BCUT2D eigenvalue weighted by molar-refractivity contribution is 9.10. The van der Waals surface area contributed by atoms with Gasteiger partial charge in [0.05, 0.1) is 24.3 Å². The predicted molar refractivity (Wildman–Crippen MR) is 90.4 cm³/mol. The lowest BCUT2D eigenvalue weighted by Gasteiger charge is -2.07. The Morgan fingerprint density at radius 1 is 1.04 bits per heavy atom. The molecule has 2 rings (SSSR count). The summed E-state index contributed by atoms with van der Waals surface area (Å²) in [7, 11) is 3.07. The molecule has 5 nitrogen and oxygen atoms in total. The molecule has 0 bridgehead atoms. The van der Waals surface area contributed by atoms with Gasteiger partial charge in [-0.2, -0.15) is 0 Å². The van der Waals surface area contributed by atoms with Gasteiger partial charge in [-0.15, -0.1) is 0 Å². The van der Waals surface area contributed by atoms with Crippen LogP contribution in [0.5, 0.6) is 23.0 Å². The fourth-order valence-electron chi connectivity index (χ4n) is 1.97. The second-order valence-electron chi connectivity index (χ2n) is 4.63. The van der Waals surface area contributed by atoms with Gasteiger partial charge in [0.2, 0.25) is 0 Å². The number of halogens is 1. The second kappa shape index (κ2) is 7.19. The van der Waals surface area contributed by atoms with E-state index in [-0.39, 0.29) is 17.1 Å². The van der Waals surface area contributed by atoms with Crippen LogP contribution in [-0.4, -0.2) is 30.2 Å². The third-order valence-electron chi connectivity index (χ3n) is 3.17. The van der Waals surface area contributed by atoms with E-state index in [0.717, 1.165) is 11.6 Å². The molecule has 0 saturated carbocycles. The number of aromatic hydroxyl groups is 2. The van der Waals surface area contributed by atoms with Crippen molar-refractivity contribution < 1.29 is 24.5 Å². The third-order valence-corrected chi connectivity index (χ3v) is 3.80. The maximum atomic E-state index is 12.2. The largest absolute Gasteiger partial charge is 0.507 e. The zero-order valence-electron chi connectivity index (χ0n) is 12.5. The summed E-state index contributed by atoms with van der Waals surface area (Å²) in [5, 5.41) is 19.2. The molecule has 2 N–H and O–H groups in total. The Morgan fingerprint density at radius 3 is 2.39 bits per heavy atom. The lowest BCUT2D eigenvalue weighted by atomic mass is 10.1. The van der Waals surface area contributed by atoms with Crippen molar-refractivity contribution in [2.75, 3.05) is 14.2 Å². The van der Waals surface area contributed by atoms with Gasteiger partial charge >= 0.3 is 0 Å². The number of ketones is 1. The first-order chi connectivity index (χ1) is 11.0. The monoisotopic (exact) mass is 378 g/mol. The van der Waals surface area contributed by atoms with E-state index in [9.17, 15) is 15.0 Å². The van der Waals surface area contributed by atoms with Gasteiger partial charge in [0.15, 0.2) is 17.3 Å². The van der Waals surface area contributed by atoms with Crippen LogP contribution in [0.25, 0.3) is 6.08 Å². The van der Waals surface area contributed by atoms with Crippen LogP contribution in [-0.2, 0) is 0 Å². The van der Waals surface area contributed by atoms with Crippen LogP contribution in [0.4, 0.5) is 0 Å². The number of methoxy groups -OCH3 is 2. The summed E-state index contributed by atoms with van der Waals surface area (Å²) in [6.45, 7) is 0. The van der Waals surface area contributed by atoms with Gasteiger partial charge < -0.3 is 19.7 Å². The Morgan fingerprint density at radius 2 is 1.74 bits per heavy atom. The van der Waals surface area contributed by atoms with E-state index in [1.54, 1.807) is 31.4 Å². The molecule has 6 heteroatoms. The van der Waals surface area contributed by atoms with E-state index >= 15 is 0 Å². The van der Waals surface area contributed by atoms with Gasteiger partial charge in [0, 0.05) is 6.07 Å². The zero-order valence-corrected chi connectivity index (χ0v) is 14.1. The SMILES string of the molecule is COc1ccc(C=CC(=O)c2cc(Br)c(O)cc2O)cc1OC. The first-order valence-corrected chi connectivity index (χ1v) is 7.41. The van der Waals surface area contributed by atoms with E-state index in [2.05, 4.69) is 15.9 Å². The van der Waals surface area contributed by atoms with Crippen LogP contribution in [0, 0.1) is 0 Å². The number of rotatable bonds is 5. The van der Waals surface area contributed by atoms with Crippen LogP contribution in [0.15, 0.2) is 40.9 Å². The van der Waals surface area contributed by atoms with Crippen molar-refractivity contribution in [2.24, 2.45) is 0 Å². The Hall–Kier alpha value is -2.47. The standard InChI is InChI=1S/C17H15BrO5/c1-22-16-6-4-10(7-17(16)23-2)3-5-13(19)11-8-12(18)15(21)9-14(11)20/h3-9,20-21H,1-2H3. The number of allylic oxidation sites excluding steroid dienone is 1. The van der Waals surface area contributed by atoms with Crippen LogP contribution in [0.3, 0.4) is 0 Å². The summed E-state index contributed by atoms with van der Waals surface area (Å²) < 4.78 is 10.7. The minimum Gasteiger partial charge on any atom is -0.507 e. The first-order valence-electron chi connectivity index (χ1n) is 6.62. The highest BCUT2D eigenvalue weighted by atomic mass is 79.9. The summed E-state index contributed by atoms with van der Waals surface area (Å²) in [6.07, 6.45) is 2.93. The van der Waals surface area contributed by atoms with Gasteiger partial charge in [0.25, 0.3) is 0 Å². The molecule has 0 atom stereocenters. The van der Waals surface area contributed by atoms with Crippen molar-refractivity contribution in [3.8, 4) is 23.0 Å². The Kier molecular flexibility index (Phi) is 5.28. The average molecular weight is 379 g/mol. The van der Waals surface area contributed by atoms with Gasteiger partial charge in [-0.05, 0) is 45.8 Å². The molecule has 23 heavy (non-hydrogen) atoms. The molecule has 0 amide bonds. The number of benzene rings is 2. The number of phenols is 2. The summed E-state index contributed by atoms with van der Waals surface area (Å²) in [5.74, 6) is 0.335. The summed E-state index contributed by atoms with van der Waals surface area (Å²) >= 11 is 3.11. The van der Waals surface area contributed by atoms with Gasteiger partial charge in [0.1, 0.15) is 11.5 Å². The van der Waals surface area contributed by atoms with Crippen molar-refractivity contribution >= 4 is 27.8 Å². The topological polar surface area (TPSA) is 76.0 Å². The van der Waals surface area contributed by atoms with Crippen molar-refractivity contribution in [1.82, 2.24) is 0 Å². The Balaban J connectivity index is 2.26. The van der Waals surface area contributed by atoms with E-state index in [1.807, 2.05) is 0 Å². The fraction of sp³-hybridized carbons (Fsp3) is 0.118. The smallest absolute Gasteiger partial charge is 0.189 e. The van der Waals surface area contributed by atoms with E-state index in [4.69, 9.17) is 9.47 Å².